The third-order valence-electron chi connectivity index (χ3n) is 6.20. The molecule has 2 aliphatic rings. The van der Waals surface area contributed by atoms with E-state index in [1.165, 1.54) is 6.07 Å². The highest BCUT2D eigenvalue weighted by atomic mass is 19.4. The lowest BCUT2D eigenvalue weighted by molar-refractivity contribution is -0.137. The number of anilines is 3. The van der Waals surface area contributed by atoms with Crippen LogP contribution in [0, 0.1) is 6.92 Å². The SMILES string of the molecule is Cc1cc(C2CNCCO2)ncc1Nc1cc(NCCCN2CCCCC2=O)c(C(F)(F)F)cn1. The molecule has 2 aromatic rings. The number of aromatic nitrogens is 2. The number of halogens is 3. The van der Waals surface area contributed by atoms with Crippen LogP contribution in [0.25, 0.3) is 0 Å². The van der Waals surface area contributed by atoms with Crippen molar-refractivity contribution in [3.63, 3.8) is 0 Å². The first kappa shape index (κ1) is 25.2. The molecular formula is C24H31F3N6O2. The van der Waals surface area contributed by atoms with Gasteiger partial charge in [0.25, 0.3) is 0 Å². The molecule has 1 unspecified atom stereocenters. The number of carbonyl (C=O) groups is 1. The summed E-state index contributed by atoms with van der Waals surface area (Å²) in [7, 11) is 0. The molecule has 4 rings (SSSR count). The number of nitrogens with zero attached hydrogens (tertiary/aromatic N) is 3. The molecule has 4 heterocycles. The summed E-state index contributed by atoms with van der Waals surface area (Å²) in [6, 6.07) is 3.27. The number of likely N-dealkylation sites (tertiary alicyclic amines) is 1. The van der Waals surface area contributed by atoms with E-state index < -0.39 is 11.7 Å². The van der Waals surface area contributed by atoms with Crippen molar-refractivity contribution in [1.82, 2.24) is 20.2 Å². The lowest BCUT2D eigenvalue weighted by atomic mass is 10.1. The van der Waals surface area contributed by atoms with E-state index >= 15 is 0 Å². The van der Waals surface area contributed by atoms with Gasteiger partial charge >= 0.3 is 6.18 Å². The van der Waals surface area contributed by atoms with Gasteiger partial charge in [-0.25, -0.2) is 4.98 Å². The molecule has 2 saturated heterocycles. The molecular weight excluding hydrogens is 461 g/mol. The molecule has 0 saturated carbocycles. The van der Waals surface area contributed by atoms with E-state index in [0.29, 0.717) is 51.3 Å². The van der Waals surface area contributed by atoms with Crippen LogP contribution >= 0.6 is 0 Å². The van der Waals surface area contributed by atoms with Crippen LogP contribution in [0.1, 0.15) is 48.6 Å². The molecule has 0 spiro atoms. The predicted molar refractivity (Wildman–Crippen MR) is 127 cm³/mol. The molecule has 11 heteroatoms. The Balaban J connectivity index is 1.42. The standard InChI is InChI=1S/C24H31F3N6O2/c1-16-11-19(21-15-28-7-10-35-21)30-14-20(16)32-22-12-18(17(13-31-22)24(25,26)27)29-6-4-9-33-8-3-2-5-23(33)34/h11-14,21,28H,2-10,15H2,1H3,(H2,29,31,32). The second-order valence-electron chi connectivity index (χ2n) is 8.84. The fraction of sp³-hybridized carbons (Fsp3) is 0.542. The summed E-state index contributed by atoms with van der Waals surface area (Å²) in [5.41, 5.74) is 1.45. The molecule has 3 N–H and O–H groups in total. The highest BCUT2D eigenvalue weighted by molar-refractivity contribution is 5.76. The first-order valence-electron chi connectivity index (χ1n) is 12.0. The number of ether oxygens (including phenoxy) is 1. The maximum Gasteiger partial charge on any atom is 0.419 e. The summed E-state index contributed by atoms with van der Waals surface area (Å²) in [6.45, 7) is 5.55. The van der Waals surface area contributed by atoms with E-state index in [9.17, 15) is 18.0 Å². The van der Waals surface area contributed by atoms with Crippen LogP contribution in [0.2, 0.25) is 0 Å². The number of hydrogen-bond acceptors (Lipinski definition) is 7. The van der Waals surface area contributed by atoms with Crippen molar-refractivity contribution < 1.29 is 22.7 Å². The lowest BCUT2D eigenvalue weighted by Gasteiger charge is -2.26. The number of piperidine rings is 1. The molecule has 35 heavy (non-hydrogen) atoms. The van der Waals surface area contributed by atoms with Gasteiger partial charge in [-0.05, 0) is 37.8 Å². The van der Waals surface area contributed by atoms with Crippen LogP contribution in [-0.2, 0) is 15.7 Å². The van der Waals surface area contributed by atoms with E-state index in [0.717, 1.165) is 36.8 Å². The molecule has 2 aliphatic heterocycles. The summed E-state index contributed by atoms with van der Waals surface area (Å²) in [6.07, 6.45) is 0.778. The number of alkyl halides is 3. The van der Waals surface area contributed by atoms with Crippen LogP contribution in [-0.4, -0.2) is 60.1 Å². The first-order chi connectivity index (χ1) is 16.8. The van der Waals surface area contributed by atoms with Gasteiger partial charge in [0, 0.05) is 51.4 Å². The Morgan fingerprint density at radius 3 is 2.77 bits per heavy atom. The molecule has 2 fully saturated rings. The minimum Gasteiger partial charge on any atom is -0.384 e. The Labute approximate surface area is 202 Å². The molecule has 0 aromatic carbocycles. The topological polar surface area (TPSA) is 91.4 Å². The number of aryl methyl sites for hydroxylation is 1. The van der Waals surface area contributed by atoms with E-state index in [-0.39, 0.29) is 23.5 Å². The average molecular weight is 493 g/mol. The highest BCUT2D eigenvalue weighted by Gasteiger charge is 2.34. The minimum absolute atomic E-state index is 0.0520. The number of amides is 1. The summed E-state index contributed by atoms with van der Waals surface area (Å²) in [4.78, 5) is 22.2. The summed E-state index contributed by atoms with van der Waals surface area (Å²) >= 11 is 0. The lowest BCUT2D eigenvalue weighted by Crippen LogP contribution is -2.36. The van der Waals surface area contributed by atoms with Crippen LogP contribution in [0.15, 0.2) is 24.5 Å². The molecule has 0 bridgehead atoms. The predicted octanol–water partition coefficient (Wildman–Crippen LogP) is 4.02. The molecule has 190 valence electrons. The number of carbonyl (C=O) groups excluding carboxylic acids is 1. The number of pyridine rings is 2. The third-order valence-corrected chi connectivity index (χ3v) is 6.20. The van der Waals surface area contributed by atoms with Gasteiger partial charge in [0.15, 0.2) is 0 Å². The fourth-order valence-corrected chi connectivity index (χ4v) is 4.27. The number of morpholine rings is 1. The van der Waals surface area contributed by atoms with E-state index in [1.807, 2.05) is 13.0 Å². The Hall–Kier alpha value is -2.92. The smallest absolute Gasteiger partial charge is 0.384 e. The van der Waals surface area contributed by atoms with E-state index in [4.69, 9.17) is 4.74 Å². The van der Waals surface area contributed by atoms with Crippen molar-refractivity contribution in [3.8, 4) is 0 Å². The minimum atomic E-state index is -4.54. The van der Waals surface area contributed by atoms with Gasteiger partial charge in [0.1, 0.15) is 11.9 Å². The van der Waals surface area contributed by atoms with E-state index in [1.54, 1.807) is 11.1 Å². The summed E-state index contributed by atoms with van der Waals surface area (Å²) in [5.74, 6) is 0.392. The highest BCUT2D eigenvalue weighted by Crippen LogP contribution is 2.36. The van der Waals surface area contributed by atoms with Gasteiger partial charge < -0.3 is 25.6 Å². The second-order valence-corrected chi connectivity index (χ2v) is 8.84. The maximum absolute atomic E-state index is 13.6. The monoisotopic (exact) mass is 492 g/mol. The molecule has 0 radical (unpaired) electrons. The molecule has 2 aromatic heterocycles. The maximum atomic E-state index is 13.6. The molecule has 0 aliphatic carbocycles. The Bertz CT molecular complexity index is 1030. The zero-order chi connectivity index (χ0) is 24.8. The molecule has 1 atom stereocenters. The quantitative estimate of drug-likeness (QED) is 0.480. The zero-order valence-corrected chi connectivity index (χ0v) is 19.7. The van der Waals surface area contributed by atoms with E-state index in [2.05, 4.69) is 25.9 Å². The van der Waals surface area contributed by atoms with Gasteiger partial charge in [-0.15, -0.1) is 0 Å². The van der Waals surface area contributed by atoms with Gasteiger partial charge in [-0.2, -0.15) is 13.2 Å². The average Bonchev–Trinajstić information content (AvgIpc) is 2.84. The Morgan fingerprint density at radius 1 is 1.20 bits per heavy atom. The van der Waals surface area contributed by atoms with Gasteiger partial charge in [-0.1, -0.05) is 0 Å². The number of nitrogens with one attached hydrogen (secondary N) is 3. The van der Waals surface area contributed by atoms with Gasteiger partial charge in [0.05, 0.1) is 35.4 Å². The van der Waals surface area contributed by atoms with Crippen molar-refractivity contribution in [1.29, 1.82) is 0 Å². The van der Waals surface area contributed by atoms with Crippen molar-refractivity contribution in [3.05, 3.63) is 41.3 Å². The van der Waals surface area contributed by atoms with Crippen molar-refractivity contribution in [2.24, 2.45) is 0 Å². The fourth-order valence-electron chi connectivity index (χ4n) is 4.27. The van der Waals surface area contributed by atoms with Gasteiger partial charge in [0.2, 0.25) is 5.91 Å². The number of hydrogen-bond donors (Lipinski definition) is 3. The number of rotatable bonds is 8. The summed E-state index contributed by atoms with van der Waals surface area (Å²) in [5, 5.41) is 9.23. The van der Waals surface area contributed by atoms with Crippen molar-refractivity contribution in [2.45, 2.75) is 44.9 Å². The molecule has 8 nitrogen and oxygen atoms in total. The Morgan fingerprint density at radius 2 is 2.06 bits per heavy atom. The van der Waals surface area contributed by atoms with Crippen molar-refractivity contribution >= 4 is 23.1 Å². The van der Waals surface area contributed by atoms with Crippen LogP contribution < -0.4 is 16.0 Å². The summed E-state index contributed by atoms with van der Waals surface area (Å²) < 4.78 is 46.4. The Kier molecular flexibility index (Phi) is 8.07. The second kappa shape index (κ2) is 11.2. The zero-order valence-electron chi connectivity index (χ0n) is 19.7. The largest absolute Gasteiger partial charge is 0.419 e. The molecule has 1 amide bonds. The van der Waals surface area contributed by atoms with Crippen LogP contribution in [0.3, 0.4) is 0 Å². The van der Waals surface area contributed by atoms with Crippen molar-refractivity contribution in [2.75, 3.05) is 50.0 Å². The van der Waals surface area contributed by atoms with Crippen LogP contribution in [0.5, 0.6) is 0 Å². The normalized spacial score (nSPS) is 19.0. The van der Waals surface area contributed by atoms with Gasteiger partial charge in [-0.3, -0.25) is 9.78 Å². The van der Waals surface area contributed by atoms with Crippen LogP contribution in [0.4, 0.5) is 30.4 Å². The third kappa shape index (κ3) is 6.61. The first-order valence-corrected chi connectivity index (χ1v) is 12.0.